The minimum absolute atomic E-state index is 0.0124. The first kappa shape index (κ1) is 14.4. The van der Waals surface area contributed by atoms with Gasteiger partial charge in [-0.1, -0.05) is 23.2 Å². The minimum atomic E-state index is -0.457. The number of aromatic nitrogens is 1. The largest absolute Gasteiger partial charge is 0.381 e. The Balaban J connectivity index is 1.54. The van der Waals surface area contributed by atoms with Gasteiger partial charge in [-0.2, -0.15) is 0 Å². The van der Waals surface area contributed by atoms with Crippen LogP contribution >= 0.6 is 23.2 Å². The molecule has 20 heavy (non-hydrogen) atoms. The summed E-state index contributed by atoms with van der Waals surface area (Å²) in [5, 5.41) is 4.18. The van der Waals surface area contributed by atoms with E-state index in [1.54, 1.807) is 12.3 Å². The number of hydrogen-bond donors (Lipinski definition) is 1. The number of nitrogens with zero attached hydrogens (tertiary/aromatic N) is 1. The molecule has 5 nitrogen and oxygen atoms in total. The van der Waals surface area contributed by atoms with Crippen LogP contribution in [-0.4, -0.2) is 43.2 Å². The van der Waals surface area contributed by atoms with Gasteiger partial charge in [0, 0.05) is 25.6 Å². The van der Waals surface area contributed by atoms with Crippen molar-refractivity contribution in [2.45, 2.75) is 24.7 Å². The van der Waals surface area contributed by atoms with Crippen LogP contribution in [0.2, 0.25) is 10.0 Å². The van der Waals surface area contributed by atoms with Gasteiger partial charge in [-0.3, -0.25) is 0 Å². The number of ether oxygens (including phenoxy) is 3. The highest BCUT2D eigenvalue weighted by Crippen LogP contribution is 2.33. The van der Waals surface area contributed by atoms with Crippen molar-refractivity contribution in [3.63, 3.8) is 0 Å². The molecular formula is C13H16Cl2N2O3. The summed E-state index contributed by atoms with van der Waals surface area (Å²) in [6, 6.07) is 1.66. The lowest BCUT2D eigenvalue weighted by Crippen LogP contribution is -2.38. The average molecular weight is 319 g/mol. The van der Waals surface area contributed by atoms with E-state index in [2.05, 4.69) is 10.3 Å². The van der Waals surface area contributed by atoms with E-state index in [-0.39, 0.29) is 6.10 Å². The zero-order chi connectivity index (χ0) is 14.0. The molecule has 1 aromatic heterocycles. The van der Waals surface area contributed by atoms with Gasteiger partial charge in [0.05, 0.1) is 29.9 Å². The fourth-order valence-electron chi connectivity index (χ4n) is 2.42. The summed E-state index contributed by atoms with van der Waals surface area (Å²) in [4.78, 5) is 4.15. The Labute approximate surface area is 127 Å². The number of nitrogens with one attached hydrogen (secondary N) is 1. The van der Waals surface area contributed by atoms with E-state index in [1.807, 2.05) is 0 Å². The molecular weight excluding hydrogens is 303 g/mol. The molecule has 1 aromatic rings. The average Bonchev–Trinajstić information content (AvgIpc) is 2.82. The molecule has 0 aliphatic carbocycles. The highest BCUT2D eigenvalue weighted by atomic mass is 35.5. The molecule has 3 rings (SSSR count). The zero-order valence-electron chi connectivity index (χ0n) is 10.9. The molecule has 2 aliphatic heterocycles. The van der Waals surface area contributed by atoms with Gasteiger partial charge in [-0.05, 0) is 6.07 Å². The number of hydrogen-bond acceptors (Lipinski definition) is 5. The fraction of sp³-hybridized carbons (Fsp3) is 0.615. The predicted molar refractivity (Wildman–Crippen MR) is 76.4 cm³/mol. The van der Waals surface area contributed by atoms with Gasteiger partial charge in [0.15, 0.2) is 5.79 Å². The van der Waals surface area contributed by atoms with E-state index in [0.717, 1.165) is 12.8 Å². The van der Waals surface area contributed by atoms with Crippen LogP contribution in [0.5, 0.6) is 0 Å². The molecule has 0 aromatic carbocycles. The van der Waals surface area contributed by atoms with Crippen molar-refractivity contribution >= 4 is 29.0 Å². The quantitative estimate of drug-likeness (QED) is 0.928. The maximum Gasteiger partial charge on any atom is 0.173 e. The smallest absolute Gasteiger partial charge is 0.173 e. The fourth-order valence-corrected chi connectivity index (χ4v) is 2.86. The predicted octanol–water partition coefficient (Wildman–Crippen LogP) is 2.72. The third-order valence-electron chi connectivity index (χ3n) is 3.47. The molecule has 1 N–H and O–H groups in total. The van der Waals surface area contributed by atoms with Crippen LogP contribution in [0.1, 0.15) is 12.8 Å². The molecule has 110 valence electrons. The van der Waals surface area contributed by atoms with Gasteiger partial charge < -0.3 is 19.5 Å². The van der Waals surface area contributed by atoms with Crippen molar-refractivity contribution in [2.75, 3.05) is 31.7 Å². The van der Waals surface area contributed by atoms with E-state index >= 15 is 0 Å². The molecule has 2 saturated heterocycles. The van der Waals surface area contributed by atoms with Crippen LogP contribution in [-0.2, 0) is 14.2 Å². The van der Waals surface area contributed by atoms with Crippen molar-refractivity contribution in [3.8, 4) is 0 Å². The van der Waals surface area contributed by atoms with Crippen LogP contribution < -0.4 is 5.32 Å². The third-order valence-corrected chi connectivity index (χ3v) is 3.97. The van der Waals surface area contributed by atoms with Crippen molar-refractivity contribution < 1.29 is 14.2 Å². The second kappa shape index (κ2) is 6.03. The zero-order valence-corrected chi connectivity index (χ0v) is 12.4. The Hall–Kier alpha value is -0.590. The standard InChI is InChI=1S/C13H16Cl2N2O3/c14-9-5-11(15)12(16-6-9)17-7-10-8-19-13(20-10)1-3-18-4-2-13/h5-6,10H,1-4,7-8H2,(H,16,17)/t10-/m1/s1. The number of rotatable bonds is 3. The first-order valence-electron chi connectivity index (χ1n) is 6.61. The number of anilines is 1. The Kier molecular flexibility index (Phi) is 4.33. The minimum Gasteiger partial charge on any atom is -0.381 e. The Morgan fingerprint density at radius 2 is 2.15 bits per heavy atom. The maximum absolute atomic E-state index is 6.06. The van der Waals surface area contributed by atoms with Crippen molar-refractivity contribution in [1.82, 2.24) is 4.98 Å². The molecule has 2 fully saturated rings. The van der Waals surface area contributed by atoms with Crippen LogP contribution in [0.4, 0.5) is 5.82 Å². The summed E-state index contributed by atoms with van der Waals surface area (Å²) >= 11 is 11.9. The van der Waals surface area contributed by atoms with E-state index in [1.165, 1.54) is 0 Å². The molecule has 0 saturated carbocycles. The van der Waals surface area contributed by atoms with Crippen LogP contribution in [0.15, 0.2) is 12.3 Å². The van der Waals surface area contributed by atoms with E-state index in [0.29, 0.717) is 42.2 Å². The van der Waals surface area contributed by atoms with Crippen LogP contribution in [0.25, 0.3) is 0 Å². The van der Waals surface area contributed by atoms with E-state index < -0.39 is 5.79 Å². The molecule has 1 spiro atoms. The Morgan fingerprint density at radius 1 is 1.35 bits per heavy atom. The van der Waals surface area contributed by atoms with Crippen molar-refractivity contribution in [1.29, 1.82) is 0 Å². The highest BCUT2D eigenvalue weighted by Gasteiger charge is 2.42. The number of halogens is 2. The molecule has 0 amide bonds. The van der Waals surface area contributed by atoms with Gasteiger partial charge in [0.25, 0.3) is 0 Å². The van der Waals surface area contributed by atoms with Crippen LogP contribution in [0, 0.1) is 0 Å². The lowest BCUT2D eigenvalue weighted by molar-refractivity contribution is -0.209. The van der Waals surface area contributed by atoms with Gasteiger partial charge in [-0.15, -0.1) is 0 Å². The highest BCUT2D eigenvalue weighted by molar-refractivity contribution is 6.35. The SMILES string of the molecule is Clc1cnc(NC[C@@H]2COC3(CCOCC3)O2)c(Cl)c1. The summed E-state index contributed by atoms with van der Waals surface area (Å²) in [6.07, 6.45) is 3.11. The molecule has 0 radical (unpaired) electrons. The summed E-state index contributed by atoms with van der Waals surface area (Å²) in [5.41, 5.74) is 0. The first-order chi connectivity index (χ1) is 9.67. The molecule has 0 unspecified atom stereocenters. The van der Waals surface area contributed by atoms with E-state index in [9.17, 15) is 0 Å². The molecule has 2 aliphatic rings. The summed E-state index contributed by atoms with van der Waals surface area (Å²) < 4.78 is 17.2. The second-order valence-electron chi connectivity index (χ2n) is 4.94. The van der Waals surface area contributed by atoms with Gasteiger partial charge in [0.1, 0.15) is 11.9 Å². The summed E-state index contributed by atoms with van der Waals surface area (Å²) in [7, 11) is 0. The molecule has 0 bridgehead atoms. The van der Waals surface area contributed by atoms with E-state index in [4.69, 9.17) is 37.4 Å². The first-order valence-corrected chi connectivity index (χ1v) is 7.37. The lowest BCUT2D eigenvalue weighted by atomic mass is 10.1. The number of pyridine rings is 1. The van der Waals surface area contributed by atoms with Gasteiger partial charge in [-0.25, -0.2) is 4.98 Å². The Bertz CT molecular complexity index is 481. The maximum atomic E-state index is 6.06. The van der Waals surface area contributed by atoms with Gasteiger partial charge in [0.2, 0.25) is 0 Å². The third kappa shape index (κ3) is 3.18. The molecule has 7 heteroatoms. The summed E-state index contributed by atoms with van der Waals surface area (Å²) in [5.74, 6) is 0.148. The lowest BCUT2D eigenvalue weighted by Gasteiger charge is -2.31. The molecule has 1 atom stereocenters. The van der Waals surface area contributed by atoms with Crippen LogP contribution in [0.3, 0.4) is 0 Å². The normalized spacial score (nSPS) is 25.0. The Morgan fingerprint density at radius 3 is 2.90 bits per heavy atom. The van der Waals surface area contributed by atoms with Crippen molar-refractivity contribution in [2.24, 2.45) is 0 Å². The second-order valence-corrected chi connectivity index (χ2v) is 5.78. The molecule has 3 heterocycles. The monoisotopic (exact) mass is 318 g/mol. The van der Waals surface area contributed by atoms with Crippen molar-refractivity contribution in [3.05, 3.63) is 22.3 Å². The van der Waals surface area contributed by atoms with Gasteiger partial charge >= 0.3 is 0 Å². The topological polar surface area (TPSA) is 52.6 Å². The summed E-state index contributed by atoms with van der Waals surface area (Å²) in [6.45, 7) is 2.53.